The van der Waals surface area contributed by atoms with Crippen LogP contribution in [-0.2, 0) is 9.59 Å². The summed E-state index contributed by atoms with van der Waals surface area (Å²) < 4.78 is 27.9. The number of halogens is 2. The molecule has 2 saturated heterocycles. The molecule has 2 aliphatic heterocycles. The van der Waals surface area contributed by atoms with E-state index in [1.165, 1.54) is 24.3 Å². The molecule has 4 aromatic carbocycles. The van der Waals surface area contributed by atoms with Crippen molar-refractivity contribution < 1.29 is 18.4 Å². The highest BCUT2D eigenvalue weighted by Gasteiger charge is 2.43. The maximum Gasteiger partial charge on any atom is 0.231 e. The first-order valence-electron chi connectivity index (χ1n) is 18.6. The van der Waals surface area contributed by atoms with E-state index in [-0.39, 0.29) is 35.5 Å². The van der Waals surface area contributed by atoms with Crippen molar-refractivity contribution in [3.8, 4) is 22.3 Å². The molecule has 2 amide bonds. The second-order valence-corrected chi connectivity index (χ2v) is 15.2. The summed E-state index contributed by atoms with van der Waals surface area (Å²) in [5, 5.41) is 0. The summed E-state index contributed by atoms with van der Waals surface area (Å²) in [7, 11) is 3.76. The van der Waals surface area contributed by atoms with Gasteiger partial charge in [-0.25, -0.2) is 8.78 Å². The van der Waals surface area contributed by atoms with E-state index in [4.69, 9.17) is 0 Å². The van der Waals surface area contributed by atoms with Gasteiger partial charge in [-0.3, -0.25) is 19.4 Å². The van der Waals surface area contributed by atoms with Crippen LogP contribution in [-0.4, -0.2) is 95.9 Å². The van der Waals surface area contributed by atoms with Crippen molar-refractivity contribution in [1.29, 1.82) is 0 Å². The monoisotopic (exact) mass is 706 g/mol. The predicted molar refractivity (Wildman–Crippen MR) is 205 cm³/mol. The molecule has 274 valence electrons. The zero-order chi connectivity index (χ0) is 37.1. The van der Waals surface area contributed by atoms with Crippen molar-refractivity contribution in [1.82, 2.24) is 19.6 Å². The number of hydrogen-bond donors (Lipinski definition) is 0. The van der Waals surface area contributed by atoms with Gasteiger partial charge in [0.2, 0.25) is 11.8 Å². The SMILES string of the molecule is CC(C)N1CCC(N(C)C(=O)C(c2ccc(-c3ccc(F)cc3)cc2)C(C(=O)N(C)C2CCN(C(C)C)C2)c2ccc(-c3cccc(F)c3)cc2)C1. The van der Waals surface area contributed by atoms with Crippen molar-refractivity contribution in [2.75, 3.05) is 40.3 Å². The fourth-order valence-corrected chi connectivity index (χ4v) is 7.94. The summed E-state index contributed by atoms with van der Waals surface area (Å²) in [6.07, 6.45) is 1.73. The predicted octanol–water partition coefficient (Wildman–Crippen LogP) is 8.05. The third-order valence-corrected chi connectivity index (χ3v) is 11.4. The van der Waals surface area contributed by atoms with Gasteiger partial charge in [-0.2, -0.15) is 0 Å². The molecule has 2 heterocycles. The maximum absolute atomic E-state index is 15.1. The zero-order valence-corrected chi connectivity index (χ0v) is 31.3. The molecule has 4 atom stereocenters. The zero-order valence-electron chi connectivity index (χ0n) is 31.3. The number of carbonyl (C=O) groups is 2. The van der Waals surface area contributed by atoms with Crippen LogP contribution in [0.5, 0.6) is 0 Å². The van der Waals surface area contributed by atoms with Gasteiger partial charge in [0.25, 0.3) is 0 Å². The van der Waals surface area contributed by atoms with E-state index >= 15 is 9.59 Å². The van der Waals surface area contributed by atoms with Gasteiger partial charge in [0.05, 0.1) is 11.8 Å². The van der Waals surface area contributed by atoms with Gasteiger partial charge in [-0.15, -0.1) is 0 Å². The molecule has 6 nitrogen and oxygen atoms in total. The molecule has 52 heavy (non-hydrogen) atoms. The summed E-state index contributed by atoms with van der Waals surface area (Å²) in [4.78, 5) is 38.7. The molecule has 8 heteroatoms. The van der Waals surface area contributed by atoms with Crippen molar-refractivity contribution in [2.24, 2.45) is 0 Å². The summed E-state index contributed by atoms with van der Waals surface area (Å²) in [5.41, 5.74) is 4.81. The highest BCUT2D eigenvalue weighted by molar-refractivity contribution is 5.95. The van der Waals surface area contributed by atoms with Crippen LogP contribution in [0, 0.1) is 11.6 Å². The van der Waals surface area contributed by atoms with Crippen LogP contribution in [0.4, 0.5) is 8.78 Å². The molecule has 0 aliphatic carbocycles. The highest BCUT2D eigenvalue weighted by atomic mass is 19.1. The maximum atomic E-state index is 15.1. The number of nitrogens with zero attached hydrogens (tertiary/aromatic N) is 4. The summed E-state index contributed by atoms with van der Waals surface area (Å²) in [6, 6.07) is 29.1. The minimum absolute atomic E-state index is 0.0210. The van der Waals surface area contributed by atoms with Crippen molar-refractivity contribution in [2.45, 2.75) is 76.5 Å². The fourth-order valence-electron chi connectivity index (χ4n) is 7.94. The number of benzene rings is 4. The van der Waals surface area contributed by atoms with Gasteiger partial charge >= 0.3 is 0 Å². The molecule has 2 fully saturated rings. The van der Waals surface area contributed by atoms with Gasteiger partial charge in [0.1, 0.15) is 11.6 Å². The van der Waals surface area contributed by atoms with Crippen LogP contribution in [0.15, 0.2) is 97.1 Å². The topological polar surface area (TPSA) is 47.1 Å². The number of amides is 2. The lowest BCUT2D eigenvalue weighted by molar-refractivity contribution is -0.141. The van der Waals surface area contributed by atoms with E-state index in [2.05, 4.69) is 37.5 Å². The Morgan fingerprint density at radius 1 is 0.577 bits per heavy atom. The first-order valence-corrected chi connectivity index (χ1v) is 18.6. The normalized spacial score (nSPS) is 19.3. The second-order valence-electron chi connectivity index (χ2n) is 15.2. The Morgan fingerprint density at radius 3 is 1.37 bits per heavy atom. The molecule has 2 aliphatic rings. The number of hydrogen-bond acceptors (Lipinski definition) is 4. The highest BCUT2D eigenvalue weighted by Crippen LogP contribution is 2.39. The van der Waals surface area contributed by atoms with Crippen LogP contribution in [0.2, 0.25) is 0 Å². The third kappa shape index (κ3) is 8.13. The molecular formula is C44H52F2N4O2. The number of carbonyl (C=O) groups excluding carboxylic acids is 2. The van der Waals surface area contributed by atoms with Crippen LogP contribution in [0.1, 0.15) is 63.5 Å². The molecule has 4 aromatic rings. The average Bonchev–Trinajstić information content (AvgIpc) is 3.85. The van der Waals surface area contributed by atoms with E-state index in [0.29, 0.717) is 12.1 Å². The van der Waals surface area contributed by atoms with Crippen molar-refractivity contribution >= 4 is 11.8 Å². The van der Waals surface area contributed by atoms with Crippen molar-refractivity contribution in [3.05, 3.63) is 120 Å². The van der Waals surface area contributed by atoms with E-state index in [0.717, 1.165) is 72.4 Å². The van der Waals surface area contributed by atoms with Crippen LogP contribution < -0.4 is 0 Å². The Kier molecular flexibility index (Phi) is 11.6. The molecular weight excluding hydrogens is 655 g/mol. The number of likely N-dealkylation sites (tertiary alicyclic amines) is 2. The number of likely N-dealkylation sites (N-methyl/N-ethyl adjacent to an activating group) is 2. The largest absolute Gasteiger partial charge is 0.341 e. The van der Waals surface area contributed by atoms with E-state index in [1.54, 1.807) is 18.2 Å². The lowest BCUT2D eigenvalue weighted by Gasteiger charge is -2.36. The van der Waals surface area contributed by atoms with E-state index in [9.17, 15) is 8.78 Å². The Balaban J connectivity index is 1.43. The Bertz CT molecular complexity index is 1830. The second kappa shape index (κ2) is 16.1. The lowest BCUT2D eigenvalue weighted by Crippen LogP contribution is -2.48. The minimum atomic E-state index is -0.811. The third-order valence-electron chi connectivity index (χ3n) is 11.4. The summed E-state index contributed by atoms with van der Waals surface area (Å²) in [5.74, 6) is -2.43. The van der Waals surface area contributed by atoms with Gasteiger partial charge < -0.3 is 9.80 Å². The fraction of sp³-hybridized carbons (Fsp3) is 0.409. The van der Waals surface area contributed by atoms with E-state index in [1.807, 2.05) is 78.5 Å². The van der Waals surface area contributed by atoms with Gasteiger partial charge in [-0.05, 0) is 98.2 Å². The summed E-state index contributed by atoms with van der Waals surface area (Å²) >= 11 is 0. The molecule has 0 saturated carbocycles. The van der Waals surface area contributed by atoms with E-state index < -0.39 is 11.8 Å². The van der Waals surface area contributed by atoms with Crippen molar-refractivity contribution in [3.63, 3.8) is 0 Å². The first kappa shape index (κ1) is 37.4. The standard InChI is InChI=1S/C44H52F2N4O2/c1-29(2)49-24-22-39(27-49)47(5)43(51)41(34-14-10-31(11-15-34)32-18-20-37(45)21-19-32)42(44(52)48(6)40-23-25-50(28-40)30(3)4)35-16-12-33(13-17-35)36-8-7-9-38(46)26-36/h7-21,26,29-30,39-42H,22-25,27-28H2,1-6H3. The molecule has 4 unspecified atom stereocenters. The average molecular weight is 707 g/mol. The minimum Gasteiger partial charge on any atom is -0.341 e. The molecule has 6 rings (SSSR count). The van der Waals surface area contributed by atoms with Crippen LogP contribution in [0.3, 0.4) is 0 Å². The Morgan fingerprint density at radius 2 is 0.981 bits per heavy atom. The van der Waals surface area contributed by atoms with Gasteiger partial charge in [-0.1, -0.05) is 72.8 Å². The number of rotatable bonds is 11. The first-order chi connectivity index (χ1) is 24.9. The van der Waals surface area contributed by atoms with Gasteiger partial charge in [0, 0.05) is 64.4 Å². The smallest absolute Gasteiger partial charge is 0.231 e. The quantitative estimate of drug-likeness (QED) is 0.159. The van der Waals surface area contributed by atoms with Crippen LogP contribution in [0.25, 0.3) is 22.3 Å². The molecule has 0 bridgehead atoms. The Hall–Kier alpha value is -4.40. The molecule has 0 aromatic heterocycles. The molecule has 0 radical (unpaired) electrons. The Labute approximate surface area is 308 Å². The molecule has 0 N–H and O–H groups in total. The van der Waals surface area contributed by atoms with Gasteiger partial charge in [0.15, 0.2) is 0 Å². The summed E-state index contributed by atoms with van der Waals surface area (Å²) in [6.45, 7) is 12.1. The molecule has 0 spiro atoms. The van der Waals surface area contributed by atoms with Crippen LogP contribution >= 0.6 is 0 Å². The lowest BCUT2D eigenvalue weighted by atomic mass is 9.78.